The van der Waals surface area contributed by atoms with Gasteiger partial charge in [0.1, 0.15) is 5.75 Å². The van der Waals surface area contributed by atoms with Gasteiger partial charge in [-0.25, -0.2) is 8.78 Å². The van der Waals surface area contributed by atoms with Gasteiger partial charge in [-0.3, -0.25) is 9.69 Å². The Balaban J connectivity index is 1.29. The Labute approximate surface area is 175 Å². The standard InChI is InChI=1S/C23H27F2N3O2/c1-30-20-4-2-3-17(13-20)15-28-12-11-27(16-23(28)29)18-7-9-26(10-8-18)19-5-6-21(24)22(25)14-19/h2-6,13-14,18H,7-12,15-16H2,1H3. The van der Waals surface area contributed by atoms with Crippen molar-refractivity contribution in [1.82, 2.24) is 9.80 Å². The van der Waals surface area contributed by atoms with Crippen molar-refractivity contribution >= 4 is 11.6 Å². The van der Waals surface area contributed by atoms with E-state index in [0.717, 1.165) is 43.8 Å². The van der Waals surface area contributed by atoms with Crippen LogP contribution in [-0.4, -0.2) is 61.6 Å². The van der Waals surface area contributed by atoms with Crippen LogP contribution in [0, 0.1) is 11.6 Å². The quantitative estimate of drug-likeness (QED) is 0.751. The number of carbonyl (C=O) groups excluding carboxylic acids is 1. The number of ether oxygens (including phenoxy) is 1. The summed E-state index contributed by atoms with van der Waals surface area (Å²) in [5, 5.41) is 0. The Morgan fingerprint density at radius 2 is 1.80 bits per heavy atom. The molecule has 2 saturated heterocycles. The summed E-state index contributed by atoms with van der Waals surface area (Å²) in [4.78, 5) is 19.0. The second-order valence-electron chi connectivity index (χ2n) is 7.95. The number of piperazine rings is 1. The Bertz CT molecular complexity index is 900. The van der Waals surface area contributed by atoms with E-state index in [9.17, 15) is 13.6 Å². The van der Waals surface area contributed by atoms with E-state index in [2.05, 4.69) is 9.80 Å². The molecule has 2 heterocycles. The molecule has 5 nitrogen and oxygen atoms in total. The maximum Gasteiger partial charge on any atom is 0.237 e. The number of amides is 1. The molecule has 0 N–H and O–H groups in total. The normalized spacial score (nSPS) is 18.7. The summed E-state index contributed by atoms with van der Waals surface area (Å²) < 4.78 is 32.0. The predicted molar refractivity (Wildman–Crippen MR) is 112 cm³/mol. The maximum atomic E-state index is 13.5. The predicted octanol–water partition coefficient (Wildman–Crippen LogP) is 3.29. The van der Waals surface area contributed by atoms with Crippen LogP contribution in [0.4, 0.5) is 14.5 Å². The molecule has 0 radical (unpaired) electrons. The molecule has 0 atom stereocenters. The third-order valence-electron chi connectivity index (χ3n) is 6.10. The monoisotopic (exact) mass is 415 g/mol. The Kier molecular flexibility index (Phi) is 6.18. The van der Waals surface area contributed by atoms with Gasteiger partial charge in [-0.2, -0.15) is 0 Å². The molecule has 2 fully saturated rings. The van der Waals surface area contributed by atoms with Crippen LogP contribution in [-0.2, 0) is 11.3 Å². The minimum atomic E-state index is -0.820. The van der Waals surface area contributed by atoms with Crippen molar-refractivity contribution in [2.24, 2.45) is 0 Å². The van der Waals surface area contributed by atoms with Gasteiger partial charge in [-0.05, 0) is 42.7 Å². The third kappa shape index (κ3) is 4.56. The van der Waals surface area contributed by atoms with E-state index in [1.807, 2.05) is 29.2 Å². The molecular weight excluding hydrogens is 388 g/mol. The molecule has 0 bridgehead atoms. The minimum absolute atomic E-state index is 0.145. The van der Waals surface area contributed by atoms with Gasteiger partial charge in [0, 0.05) is 50.5 Å². The molecule has 0 aliphatic carbocycles. The molecule has 2 aliphatic heterocycles. The summed E-state index contributed by atoms with van der Waals surface area (Å²) in [6.45, 7) is 4.13. The van der Waals surface area contributed by atoms with Crippen LogP contribution in [0.1, 0.15) is 18.4 Å². The second-order valence-corrected chi connectivity index (χ2v) is 7.95. The van der Waals surface area contributed by atoms with Crippen LogP contribution in [0.15, 0.2) is 42.5 Å². The first-order chi connectivity index (χ1) is 14.5. The van der Waals surface area contributed by atoms with Crippen molar-refractivity contribution in [3.63, 3.8) is 0 Å². The highest BCUT2D eigenvalue weighted by Gasteiger charge is 2.31. The van der Waals surface area contributed by atoms with Gasteiger partial charge >= 0.3 is 0 Å². The molecule has 2 aromatic carbocycles. The first-order valence-corrected chi connectivity index (χ1v) is 10.4. The highest BCUT2D eigenvalue weighted by atomic mass is 19.2. The van der Waals surface area contributed by atoms with Crippen LogP contribution in [0.2, 0.25) is 0 Å². The molecule has 160 valence electrons. The van der Waals surface area contributed by atoms with E-state index >= 15 is 0 Å². The second kappa shape index (κ2) is 9.00. The van der Waals surface area contributed by atoms with Crippen molar-refractivity contribution in [2.75, 3.05) is 44.7 Å². The first kappa shape index (κ1) is 20.6. The molecule has 0 aromatic heterocycles. The van der Waals surface area contributed by atoms with Gasteiger partial charge in [0.05, 0.1) is 13.7 Å². The minimum Gasteiger partial charge on any atom is -0.497 e. The average Bonchev–Trinajstić information content (AvgIpc) is 2.77. The summed E-state index contributed by atoms with van der Waals surface area (Å²) in [5.74, 6) is -0.690. The Morgan fingerprint density at radius 1 is 1.00 bits per heavy atom. The number of methoxy groups -OCH3 is 1. The summed E-state index contributed by atoms with van der Waals surface area (Å²) in [7, 11) is 1.64. The molecule has 7 heteroatoms. The van der Waals surface area contributed by atoms with Crippen molar-refractivity contribution in [3.8, 4) is 5.75 Å². The summed E-state index contributed by atoms with van der Waals surface area (Å²) in [6.07, 6.45) is 1.81. The van der Waals surface area contributed by atoms with E-state index in [0.29, 0.717) is 31.4 Å². The van der Waals surface area contributed by atoms with Crippen molar-refractivity contribution < 1.29 is 18.3 Å². The lowest BCUT2D eigenvalue weighted by Crippen LogP contribution is -2.55. The van der Waals surface area contributed by atoms with E-state index in [-0.39, 0.29) is 5.91 Å². The van der Waals surface area contributed by atoms with Crippen molar-refractivity contribution in [3.05, 3.63) is 59.7 Å². The molecule has 4 rings (SSSR count). The number of rotatable bonds is 5. The number of nitrogens with zero attached hydrogens (tertiary/aromatic N) is 3. The fraction of sp³-hybridized carbons (Fsp3) is 0.435. The molecule has 0 saturated carbocycles. The van der Waals surface area contributed by atoms with E-state index in [4.69, 9.17) is 4.74 Å². The Morgan fingerprint density at radius 3 is 2.50 bits per heavy atom. The van der Waals surface area contributed by atoms with Gasteiger partial charge in [0.2, 0.25) is 5.91 Å². The zero-order valence-corrected chi connectivity index (χ0v) is 17.2. The van der Waals surface area contributed by atoms with E-state index in [1.54, 1.807) is 13.2 Å². The molecule has 30 heavy (non-hydrogen) atoms. The lowest BCUT2D eigenvalue weighted by atomic mass is 10.0. The number of halogens is 2. The van der Waals surface area contributed by atoms with Crippen LogP contribution in [0.3, 0.4) is 0 Å². The third-order valence-corrected chi connectivity index (χ3v) is 6.10. The summed E-state index contributed by atoms with van der Waals surface area (Å²) in [6, 6.07) is 12.2. The first-order valence-electron chi connectivity index (χ1n) is 10.4. The average molecular weight is 415 g/mol. The Hall–Kier alpha value is -2.67. The van der Waals surface area contributed by atoms with Crippen LogP contribution < -0.4 is 9.64 Å². The number of anilines is 1. The zero-order chi connectivity index (χ0) is 21.1. The van der Waals surface area contributed by atoms with Crippen molar-refractivity contribution in [1.29, 1.82) is 0 Å². The zero-order valence-electron chi connectivity index (χ0n) is 17.2. The highest BCUT2D eigenvalue weighted by Crippen LogP contribution is 2.25. The summed E-state index contributed by atoms with van der Waals surface area (Å²) >= 11 is 0. The number of hydrogen-bond acceptors (Lipinski definition) is 4. The maximum absolute atomic E-state index is 13.5. The van der Waals surface area contributed by atoms with Gasteiger partial charge in [0.15, 0.2) is 11.6 Å². The van der Waals surface area contributed by atoms with E-state index in [1.165, 1.54) is 12.1 Å². The van der Waals surface area contributed by atoms with Crippen LogP contribution in [0.5, 0.6) is 5.75 Å². The molecular formula is C23H27F2N3O2. The molecule has 1 amide bonds. The van der Waals surface area contributed by atoms with Gasteiger partial charge in [0.25, 0.3) is 0 Å². The van der Waals surface area contributed by atoms with Gasteiger partial charge < -0.3 is 14.5 Å². The van der Waals surface area contributed by atoms with Crippen LogP contribution in [0.25, 0.3) is 0 Å². The van der Waals surface area contributed by atoms with Crippen molar-refractivity contribution in [2.45, 2.75) is 25.4 Å². The number of benzene rings is 2. The molecule has 2 aromatic rings. The smallest absolute Gasteiger partial charge is 0.237 e. The number of hydrogen-bond donors (Lipinski definition) is 0. The van der Waals surface area contributed by atoms with Gasteiger partial charge in [-0.1, -0.05) is 12.1 Å². The molecule has 0 unspecified atom stereocenters. The lowest BCUT2D eigenvalue weighted by Gasteiger charge is -2.43. The van der Waals surface area contributed by atoms with Crippen LogP contribution >= 0.6 is 0 Å². The number of carbonyl (C=O) groups is 1. The lowest BCUT2D eigenvalue weighted by molar-refractivity contribution is -0.138. The fourth-order valence-corrected chi connectivity index (χ4v) is 4.37. The summed E-state index contributed by atoms with van der Waals surface area (Å²) in [5.41, 5.74) is 1.78. The number of piperidine rings is 1. The SMILES string of the molecule is COc1cccc(CN2CCN(C3CCN(c4ccc(F)c(F)c4)CC3)CC2=O)c1. The fourth-order valence-electron chi connectivity index (χ4n) is 4.37. The topological polar surface area (TPSA) is 36.0 Å². The van der Waals surface area contributed by atoms with Gasteiger partial charge in [-0.15, -0.1) is 0 Å². The van der Waals surface area contributed by atoms with E-state index < -0.39 is 11.6 Å². The molecule has 0 spiro atoms. The largest absolute Gasteiger partial charge is 0.497 e. The molecule has 2 aliphatic rings. The highest BCUT2D eigenvalue weighted by molar-refractivity contribution is 5.79.